The van der Waals surface area contributed by atoms with Crippen LogP contribution in [0.15, 0.2) is 15.9 Å². The van der Waals surface area contributed by atoms with E-state index in [1.807, 2.05) is 18.4 Å². The molecule has 0 aromatic carbocycles. The zero-order valence-electron chi connectivity index (χ0n) is 9.54. The van der Waals surface area contributed by atoms with Crippen molar-refractivity contribution >= 4 is 29.0 Å². The second-order valence-corrected chi connectivity index (χ2v) is 4.93. The summed E-state index contributed by atoms with van der Waals surface area (Å²) >= 11 is 1.49. The van der Waals surface area contributed by atoms with E-state index in [0.717, 1.165) is 10.4 Å². The minimum absolute atomic E-state index is 0.0177. The number of carbonyl (C=O) groups is 2. The van der Waals surface area contributed by atoms with Gasteiger partial charge in [0.25, 0.3) is 5.89 Å². The van der Waals surface area contributed by atoms with Crippen LogP contribution in [-0.2, 0) is 9.59 Å². The molecule has 0 bridgehead atoms. The molecule has 1 aliphatic rings. The Morgan fingerprint density at radius 3 is 2.83 bits per heavy atom. The molecule has 1 saturated heterocycles. The van der Waals surface area contributed by atoms with Gasteiger partial charge in [-0.3, -0.25) is 14.5 Å². The largest absolute Gasteiger partial charge is 0.402 e. The number of hydrogen-bond acceptors (Lipinski definition) is 6. The molecule has 0 spiro atoms. The number of Topliss-reactive ketones (excluding diaryl/α,β-unsaturated/α-hetero) is 1. The zero-order chi connectivity index (χ0) is 12.7. The molecular weight excluding hydrogens is 254 g/mol. The van der Waals surface area contributed by atoms with E-state index in [0.29, 0.717) is 5.89 Å². The summed E-state index contributed by atoms with van der Waals surface area (Å²) in [5.74, 6) is -0.0465. The van der Waals surface area contributed by atoms with Gasteiger partial charge in [-0.2, -0.15) is 0 Å². The number of ketones is 1. The average Bonchev–Trinajstić information content (AvgIpc) is 2.98. The van der Waals surface area contributed by atoms with Gasteiger partial charge < -0.3 is 4.42 Å². The van der Waals surface area contributed by atoms with E-state index >= 15 is 0 Å². The highest BCUT2D eigenvalue weighted by Gasteiger charge is 2.32. The fourth-order valence-corrected chi connectivity index (χ4v) is 2.61. The van der Waals surface area contributed by atoms with E-state index in [9.17, 15) is 9.59 Å². The first-order valence-electron chi connectivity index (χ1n) is 5.35. The fourth-order valence-electron chi connectivity index (χ4n) is 1.77. The van der Waals surface area contributed by atoms with Gasteiger partial charge in [-0.15, -0.1) is 16.4 Å². The molecule has 3 heterocycles. The number of nitrogens with zero attached hydrogens (tertiary/aromatic N) is 3. The van der Waals surface area contributed by atoms with Gasteiger partial charge in [-0.25, -0.2) is 0 Å². The Morgan fingerprint density at radius 1 is 1.39 bits per heavy atom. The monoisotopic (exact) mass is 263 g/mol. The Morgan fingerprint density at radius 2 is 2.22 bits per heavy atom. The van der Waals surface area contributed by atoms with Gasteiger partial charge >= 0.3 is 6.01 Å². The van der Waals surface area contributed by atoms with Crippen LogP contribution in [0.5, 0.6) is 0 Å². The topological polar surface area (TPSA) is 76.3 Å². The minimum Gasteiger partial charge on any atom is -0.402 e. The lowest BCUT2D eigenvalue weighted by Gasteiger charge is -2.06. The molecule has 2 aromatic heterocycles. The van der Waals surface area contributed by atoms with Crippen molar-refractivity contribution in [3.8, 4) is 10.8 Å². The molecule has 0 N–H and O–H groups in total. The summed E-state index contributed by atoms with van der Waals surface area (Å²) < 4.78 is 5.45. The van der Waals surface area contributed by atoms with Crippen LogP contribution in [0, 0.1) is 6.92 Å². The van der Waals surface area contributed by atoms with E-state index < -0.39 is 0 Å². The normalized spacial score (nSPS) is 15.7. The van der Waals surface area contributed by atoms with Crippen LogP contribution >= 0.6 is 11.3 Å². The summed E-state index contributed by atoms with van der Waals surface area (Å²) in [5.41, 5.74) is 1.04. The van der Waals surface area contributed by atoms with Crippen LogP contribution in [-0.4, -0.2) is 28.4 Å². The van der Waals surface area contributed by atoms with Gasteiger partial charge in [0.1, 0.15) is 0 Å². The molecule has 1 amide bonds. The summed E-state index contributed by atoms with van der Waals surface area (Å²) in [6.07, 6.45) is -0.0876. The number of hydrogen-bond donors (Lipinski definition) is 0. The highest BCUT2D eigenvalue weighted by atomic mass is 32.1. The highest BCUT2D eigenvalue weighted by Crippen LogP contribution is 2.30. The quantitative estimate of drug-likeness (QED) is 0.766. The first-order chi connectivity index (χ1) is 8.65. The van der Waals surface area contributed by atoms with Gasteiger partial charge in [0.15, 0.2) is 5.78 Å². The van der Waals surface area contributed by atoms with Gasteiger partial charge in [-0.05, 0) is 23.9 Å². The molecule has 0 radical (unpaired) electrons. The average molecular weight is 263 g/mol. The third-order valence-corrected chi connectivity index (χ3v) is 3.69. The van der Waals surface area contributed by atoms with E-state index in [4.69, 9.17) is 4.42 Å². The van der Waals surface area contributed by atoms with Crippen LogP contribution in [0.3, 0.4) is 0 Å². The second-order valence-electron chi connectivity index (χ2n) is 4.02. The molecule has 18 heavy (non-hydrogen) atoms. The van der Waals surface area contributed by atoms with Crippen molar-refractivity contribution in [2.75, 3.05) is 11.4 Å². The van der Waals surface area contributed by atoms with Crippen molar-refractivity contribution in [2.45, 2.75) is 13.3 Å². The fraction of sp³-hybridized carbons (Fsp3) is 0.273. The Kier molecular flexibility index (Phi) is 2.48. The molecular formula is C11H9N3O3S. The zero-order valence-corrected chi connectivity index (χ0v) is 10.4. The van der Waals surface area contributed by atoms with Crippen molar-refractivity contribution in [1.29, 1.82) is 0 Å². The summed E-state index contributed by atoms with van der Waals surface area (Å²) in [5, 5.41) is 9.66. The SMILES string of the molecule is Cc1ccsc1-c1nnc(N2CC(=O)CC2=O)o1. The molecule has 1 fully saturated rings. The number of amides is 1. The van der Waals surface area contributed by atoms with Crippen molar-refractivity contribution in [3.63, 3.8) is 0 Å². The summed E-state index contributed by atoms with van der Waals surface area (Å²) in [6, 6.07) is 2.04. The van der Waals surface area contributed by atoms with Crippen LogP contribution in [0.1, 0.15) is 12.0 Å². The van der Waals surface area contributed by atoms with Crippen molar-refractivity contribution in [3.05, 3.63) is 17.0 Å². The van der Waals surface area contributed by atoms with Crippen LogP contribution < -0.4 is 4.90 Å². The smallest absolute Gasteiger partial charge is 0.325 e. The van der Waals surface area contributed by atoms with Gasteiger partial charge in [0.2, 0.25) is 5.91 Å². The number of anilines is 1. The van der Waals surface area contributed by atoms with Crippen molar-refractivity contribution in [2.24, 2.45) is 0 Å². The first-order valence-corrected chi connectivity index (χ1v) is 6.23. The Labute approximate surface area is 106 Å². The summed E-state index contributed by atoms with van der Waals surface area (Å²) in [6.45, 7) is 1.96. The van der Waals surface area contributed by atoms with Crippen LogP contribution in [0.2, 0.25) is 0 Å². The van der Waals surface area contributed by atoms with Crippen molar-refractivity contribution < 1.29 is 14.0 Å². The Bertz CT molecular complexity index is 631. The number of aryl methyl sites for hydroxylation is 1. The number of carbonyl (C=O) groups excluding carboxylic acids is 2. The third-order valence-electron chi connectivity index (χ3n) is 2.69. The molecule has 0 atom stereocenters. The number of rotatable bonds is 2. The van der Waals surface area contributed by atoms with Crippen LogP contribution in [0.4, 0.5) is 6.01 Å². The minimum atomic E-state index is -0.293. The molecule has 2 aromatic rings. The van der Waals surface area contributed by atoms with Crippen LogP contribution in [0.25, 0.3) is 10.8 Å². The molecule has 0 aliphatic carbocycles. The maximum Gasteiger partial charge on any atom is 0.325 e. The van der Waals surface area contributed by atoms with E-state index in [2.05, 4.69) is 10.2 Å². The standard InChI is InChI=1S/C11H9N3O3S/c1-6-2-3-18-9(6)10-12-13-11(17-10)14-5-7(15)4-8(14)16/h2-3H,4-5H2,1H3. The Balaban J connectivity index is 1.93. The van der Waals surface area contributed by atoms with E-state index in [1.165, 1.54) is 16.2 Å². The molecule has 0 saturated carbocycles. The predicted octanol–water partition coefficient (Wildman–Crippen LogP) is 1.41. The molecule has 92 valence electrons. The van der Waals surface area contributed by atoms with Gasteiger partial charge in [0, 0.05) is 0 Å². The molecule has 7 heteroatoms. The maximum atomic E-state index is 11.5. The summed E-state index contributed by atoms with van der Waals surface area (Å²) in [4.78, 5) is 24.8. The van der Waals surface area contributed by atoms with Gasteiger partial charge in [-0.1, -0.05) is 5.10 Å². The van der Waals surface area contributed by atoms with Gasteiger partial charge in [0.05, 0.1) is 17.8 Å². The molecule has 6 nitrogen and oxygen atoms in total. The second kappa shape index (κ2) is 4.02. The lowest BCUT2D eigenvalue weighted by molar-refractivity contribution is -0.121. The third kappa shape index (κ3) is 1.72. The van der Waals surface area contributed by atoms with Crippen molar-refractivity contribution in [1.82, 2.24) is 10.2 Å². The van der Waals surface area contributed by atoms with E-state index in [-0.39, 0.29) is 30.7 Å². The maximum absolute atomic E-state index is 11.5. The van der Waals surface area contributed by atoms with E-state index in [1.54, 1.807) is 0 Å². The first kappa shape index (κ1) is 11.1. The number of aromatic nitrogens is 2. The molecule has 0 unspecified atom stereocenters. The lowest BCUT2D eigenvalue weighted by Crippen LogP contribution is -2.24. The summed E-state index contributed by atoms with van der Waals surface area (Å²) in [7, 11) is 0. The highest BCUT2D eigenvalue weighted by molar-refractivity contribution is 7.13. The predicted molar refractivity (Wildman–Crippen MR) is 64.3 cm³/mol. The Hall–Kier alpha value is -2.02. The molecule has 1 aliphatic heterocycles. The number of thiophene rings is 1. The lowest BCUT2D eigenvalue weighted by atomic mass is 10.3. The molecule has 3 rings (SSSR count).